The zero-order chi connectivity index (χ0) is 18.8. The minimum atomic E-state index is -0.254. The van der Waals surface area contributed by atoms with E-state index in [4.69, 9.17) is 9.26 Å². The Morgan fingerprint density at radius 2 is 1.96 bits per heavy atom. The van der Waals surface area contributed by atoms with Gasteiger partial charge in [-0.05, 0) is 61.3 Å². The van der Waals surface area contributed by atoms with Gasteiger partial charge in [0.15, 0.2) is 0 Å². The number of piperidine rings is 3. The van der Waals surface area contributed by atoms with Crippen molar-refractivity contribution in [1.29, 1.82) is 0 Å². The van der Waals surface area contributed by atoms with Crippen molar-refractivity contribution in [3.63, 3.8) is 0 Å². The lowest BCUT2D eigenvalue weighted by molar-refractivity contribution is -0.114. The Morgan fingerprint density at radius 1 is 1.22 bits per heavy atom. The van der Waals surface area contributed by atoms with E-state index >= 15 is 0 Å². The lowest BCUT2D eigenvalue weighted by Gasteiger charge is -2.44. The molecule has 0 aliphatic carbocycles. The number of carbonyl (C=O) groups excluding carboxylic acids is 2. The third kappa shape index (κ3) is 4.11. The zero-order valence-corrected chi connectivity index (χ0v) is 15.1. The summed E-state index contributed by atoms with van der Waals surface area (Å²) in [5, 5.41) is 9.37. The number of benzene rings is 1. The number of fused-ring (bicyclic) bond motifs is 3. The maximum atomic E-state index is 12.5. The standard InChI is InChI=1S/C19H22N4O4/c1-12(24)20-17-10-18(22-27-17)26-15-4-2-14(3-5-15)19(25)21-16-11-23-8-6-13(16)7-9-23/h2-5,10,13,16H,6-9,11H2,1H3,(H,20,24)(H,21,25). The molecule has 0 saturated carbocycles. The highest BCUT2D eigenvalue weighted by Crippen LogP contribution is 2.28. The van der Waals surface area contributed by atoms with E-state index in [1.807, 2.05) is 0 Å². The van der Waals surface area contributed by atoms with Crippen molar-refractivity contribution < 1.29 is 18.8 Å². The second-order valence-electron chi connectivity index (χ2n) is 7.06. The number of rotatable bonds is 5. The number of hydrogen-bond acceptors (Lipinski definition) is 6. The molecule has 8 nitrogen and oxygen atoms in total. The number of nitrogens with zero attached hydrogens (tertiary/aromatic N) is 2. The molecule has 2 bridgehead atoms. The van der Waals surface area contributed by atoms with Crippen LogP contribution in [0.15, 0.2) is 34.9 Å². The molecule has 1 aromatic heterocycles. The first-order valence-electron chi connectivity index (χ1n) is 9.12. The lowest BCUT2D eigenvalue weighted by atomic mass is 9.84. The molecule has 5 rings (SSSR count). The monoisotopic (exact) mass is 370 g/mol. The highest BCUT2D eigenvalue weighted by Gasteiger charge is 2.34. The van der Waals surface area contributed by atoms with Gasteiger partial charge in [0.05, 0.1) is 6.07 Å². The Bertz CT molecular complexity index is 824. The van der Waals surface area contributed by atoms with Gasteiger partial charge in [0.25, 0.3) is 11.8 Å². The van der Waals surface area contributed by atoms with E-state index in [0.717, 1.165) is 32.5 Å². The van der Waals surface area contributed by atoms with Gasteiger partial charge in [0.2, 0.25) is 11.8 Å². The minimum absolute atomic E-state index is 0.0605. The number of aromatic nitrogens is 1. The molecule has 2 N–H and O–H groups in total. The number of hydrogen-bond donors (Lipinski definition) is 2. The van der Waals surface area contributed by atoms with Crippen LogP contribution in [0.25, 0.3) is 0 Å². The predicted octanol–water partition coefficient (Wildman–Crippen LogP) is 2.25. The normalized spacial score (nSPS) is 23.7. The molecule has 8 heteroatoms. The van der Waals surface area contributed by atoms with Crippen molar-refractivity contribution >= 4 is 17.7 Å². The van der Waals surface area contributed by atoms with Crippen LogP contribution in [0, 0.1) is 5.92 Å². The molecule has 4 heterocycles. The maximum Gasteiger partial charge on any atom is 0.261 e. The van der Waals surface area contributed by atoms with Crippen molar-refractivity contribution in [3.8, 4) is 11.6 Å². The van der Waals surface area contributed by atoms with Gasteiger partial charge in [0, 0.05) is 25.1 Å². The fraction of sp³-hybridized carbons (Fsp3) is 0.421. The fourth-order valence-electron chi connectivity index (χ4n) is 3.71. The van der Waals surface area contributed by atoms with Crippen LogP contribution in [0.5, 0.6) is 11.6 Å². The van der Waals surface area contributed by atoms with E-state index in [2.05, 4.69) is 20.7 Å². The highest BCUT2D eigenvalue weighted by atomic mass is 16.5. The van der Waals surface area contributed by atoms with Crippen LogP contribution >= 0.6 is 0 Å². The summed E-state index contributed by atoms with van der Waals surface area (Å²) in [4.78, 5) is 25.9. The average Bonchev–Trinajstić information content (AvgIpc) is 3.09. The minimum Gasteiger partial charge on any atom is -0.436 e. The molecule has 27 heavy (non-hydrogen) atoms. The van der Waals surface area contributed by atoms with Crippen LogP contribution in [-0.4, -0.2) is 47.5 Å². The summed E-state index contributed by atoms with van der Waals surface area (Å²) in [6, 6.07) is 8.58. The van der Waals surface area contributed by atoms with E-state index in [0.29, 0.717) is 17.2 Å². The smallest absolute Gasteiger partial charge is 0.261 e. The molecule has 0 radical (unpaired) electrons. The number of carbonyl (C=O) groups is 2. The first-order valence-corrected chi connectivity index (χ1v) is 9.12. The Kier molecular flexibility index (Phi) is 4.81. The molecule has 1 unspecified atom stereocenters. The van der Waals surface area contributed by atoms with Crippen molar-refractivity contribution in [3.05, 3.63) is 35.9 Å². The average molecular weight is 370 g/mol. The van der Waals surface area contributed by atoms with Crippen molar-refractivity contribution in [2.45, 2.75) is 25.8 Å². The molecule has 0 spiro atoms. The topological polar surface area (TPSA) is 96.7 Å². The molecule has 3 fully saturated rings. The van der Waals surface area contributed by atoms with Gasteiger partial charge >= 0.3 is 0 Å². The fourth-order valence-corrected chi connectivity index (χ4v) is 3.71. The van der Waals surface area contributed by atoms with E-state index < -0.39 is 0 Å². The summed E-state index contributed by atoms with van der Waals surface area (Å²) >= 11 is 0. The van der Waals surface area contributed by atoms with Crippen LogP contribution in [0.3, 0.4) is 0 Å². The number of nitrogens with one attached hydrogen (secondary N) is 2. The zero-order valence-electron chi connectivity index (χ0n) is 15.1. The van der Waals surface area contributed by atoms with Gasteiger partial charge in [-0.1, -0.05) is 0 Å². The maximum absolute atomic E-state index is 12.5. The molecular formula is C19H22N4O4. The Labute approximate surface area is 156 Å². The summed E-state index contributed by atoms with van der Waals surface area (Å²) < 4.78 is 10.5. The molecule has 1 atom stereocenters. The first-order chi connectivity index (χ1) is 13.1. The van der Waals surface area contributed by atoms with Crippen LogP contribution in [0.2, 0.25) is 0 Å². The third-order valence-corrected chi connectivity index (χ3v) is 5.10. The van der Waals surface area contributed by atoms with Gasteiger partial charge in [-0.2, -0.15) is 0 Å². The second-order valence-corrected chi connectivity index (χ2v) is 7.06. The largest absolute Gasteiger partial charge is 0.436 e. The SMILES string of the molecule is CC(=O)Nc1cc(Oc2ccc(C(=O)NC3CN4CCC3CC4)cc2)no1. The molecule has 2 amide bonds. The Hall–Kier alpha value is -2.87. The Morgan fingerprint density at radius 3 is 2.59 bits per heavy atom. The van der Waals surface area contributed by atoms with E-state index in [1.54, 1.807) is 24.3 Å². The van der Waals surface area contributed by atoms with E-state index in [9.17, 15) is 9.59 Å². The summed E-state index contributed by atoms with van der Waals surface area (Å²) in [6.45, 7) is 4.62. The summed E-state index contributed by atoms with van der Waals surface area (Å²) in [5.41, 5.74) is 0.595. The van der Waals surface area contributed by atoms with Gasteiger partial charge in [-0.15, -0.1) is 0 Å². The molecular weight excluding hydrogens is 348 g/mol. The van der Waals surface area contributed by atoms with Gasteiger partial charge in [0.1, 0.15) is 5.75 Å². The van der Waals surface area contributed by atoms with Crippen LogP contribution in [-0.2, 0) is 4.79 Å². The molecule has 3 saturated heterocycles. The van der Waals surface area contributed by atoms with Crippen molar-refractivity contribution in [2.24, 2.45) is 5.92 Å². The second kappa shape index (κ2) is 7.40. The van der Waals surface area contributed by atoms with Crippen molar-refractivity contribution in [1.82, 2.24) is 15.4 Å². The van der Waals surface area contributed by atoms with Gasteiger partial charge in [-0.3, -0.25) is 14.9 Å². The van der Waals surface area contributed by atoms with Crippen LogP contribution < -0.4 is 15.4 Å². The molecule has 3 aliphatic heterocycles. The molecule has 1 aromatic carbocycles. The number of ether oxygens (including phenoxy) is 1. The summed E-state index contributed by atoms with van der Waals surface area (Å²) in [7, 11) is 0. The van der Waals surface area contributed by atoms with Gasteiger partial charge in [-0.25, -0.2) is 0 Å². The first kappa shape index (κ1) is 17.5. The number of anilines is 1. The molecule has 2 aromatic rings. The van der Waals surface area contributed by atoms with E-state index in [1.165, 1.54) is 13.0 Å². The molecule has 142 valence electrons. The van der Waals surface area contributed by atoms with Crippen molar-refractivity contribution in [2.75, 3.05) is 25.0 Å². The van der Waals surface area contributed by atoms with E-state index in [-0.39, 0.29) is 29.6 Å². The lowest BCUT2D eigenvalue weighted by Crippen LogP contribution is -2.57. The third-order valence-electron chi connectivity index (χ3n) is 5.10. The Balaban J connectivity index is 1.35. The predicted molar refractivity (Wildman–Crippen MR) is 97.7 cm³/mol. The number of amides is 2. The van der Waals surface area contributed by atoms with Crippen LogP contribution in [0.4, 0.5) is 5.88 Å². The highest BCUT2D eigenvalue weighted by molar-refractivity contribution is 5.94. The summed E-state index contributed by atoms with van der Waals surface area (Å²) in [5.74, 6) is 1.24. The summed E-state index contributed by atoms with van der Waals surface area (Å²) in [6.07, 6.45) is 2.33. The quantitative estimate of drug-likeness (QED) is 0.838. The molecule has 3 aliphatic rings. The van der Waals surface area contributed by atoms with Gasteiger partial charge < -0.3 is 19.5 Å². The van der Waals surface area contributed by atoms with Crippen LogP contribution in [0.1, 0.15) is 30.1 Å².